The van der Waals surface area contributed by atoms with Crippen molar-refractivity contribution in [1.82, 2.24) is 9.97 Å². The third kappa shape index (κ3) is 3.26. The Labute approximate surface area is 120 Å². The number of para-hydroxylation sites is 1. The molecule has 20 heavy (non-hydrogen) atoms. The molecule has 1 aromatic carbocycles. The Morgan fingerprint density at radius 3 is 2.65 bits per heavy atom. The summed E-state index contributed by atoms with van der Waals surface area (Å²) in [6.07, 6.45) is 1.87. The van der Waals surface area contributed by atoms with Gasteiger partial charge in [0.1, 0.15) is 17.4 Å². The number of hydrogen-bond acceptors (Lipinski definition) is 4. The maximum absolute atomic E-state index is 5.41. The molecule has 0 radical (unpaired) electrons. The molecule has 4 nitrogen and oxygen atoms in total. The Morgan fingerprint density at radius 2 is 1.95 bits per heavy atom. The Hall–Kier alpha value is -2.10. The molecule has 106 valence electrons. The maximum Gasteiger partial charge on any atom is 0.131 e. The monoisotopic (exact) mass is 271 g/mol. The summed E-state index contributed by atoms with van der Waals surface area (Å²) in [5, 5.41) is 3.32. The van der Waals surface area contributed by atoms with Gasteiger partial charge in [0.05, 0.1) is 12.8 Å². The highest BCUT2D eigenvalue weighted by atomic mass is 16.5. The highest BCUT2D eigenvalue weighted by Crippen LogP contribution is 2.29. The maximum atomic E-state index is 5.41. The standard InChI is InChI=1S/C16H21N3O/c1-4-10-17-16-11-13(18-15(5-2)19-16)12-8-6-7-9-14(12)20-3/h6-9,11H,4-5,10H2,1-3H3,(H,17,18,19). The Bertz CT molecular complexity index is 569. The van der Waals surface area contributed by atoms with Crippen molar-refractivity contribution in [2.45, 2.75) is 26.7 Å². The zero-order chi connectivity index (χ0) is 14.4. The molecule has 2 rings (SSSR count). The van der Waals surface area contributed by atoms with Crippen molar-refractivity contribution in [2.75, 3.05) is 19.0 Å². The van der Waals surface area contributed by atoms with E-state index in [9.17, 15) is 0 Å². The number of ether oxygens (including phenoxy) is 1. The minimum Gasteiger partial charge on any atom is -0.496 e. The van der Waals surface area contributed by atoms with Gasteiger partial charge in [-0.3, -0.25) is 0 Å². The second-order valence-electron chi connectivity index (χ2n) is 4.54. The Balaban J connectivity index is 2.44. The van der Waals surface area contributed by atoms with Crippen LogP contribution in [0.4, 0.5) is 5.82 Å². The zero-order valence-electron chi connectivity index (χ0n) is 12.3. The highest BCUT2D eigenvalue weighted by molar-refractivity contribution is 5.69. The molecule has 1 N–H and O–H groups in total. The summed E-state index contributed by atoms with van der Waals surface area (Å²) in [5.74, 6) is 2.54. The van der Waals surface area contributed by atoms with E-state index >= 15 is 0 Å². The van der Waals surface area contributed by atoms with Crippen LogP contribution in [0.3, 0.4) is 0 Å². The van der Waals surface area contributed by atoms with E-state index in [2.05, 4.69) is 29.1 Å². The SMILES string of the molecule is CCCNc1cc(-c2ccccc2OC)nc(CC)n1. The summed E-state index contributed by atoms with van der Waals surface area (Å²) in [4.78, 5) is 9.12. The van der Waals surface area contributed by atoms with Crippen LogP contribution in [-0.2, 0) is 6.42 Å². The lowest BCUT2D eigenvalue weighted by Gasteiger charge is -2.11. The lowest BCUT2D eigenvalue weighted by atomic mass is 10.1. The first-order valence-electron chi connectivity index (χ1n) is 7.03. The van der Waals surface area contributed by atoms with Gasteiger partial charge in [-0.05, 0) is 18.6 Å². The molecule has 0 bridgehead atoms. The van der Waals surface area contributed by atoms with Crippen molar-refractivity contribution in [3.63, 3.8) is 0 Å². The summed E-state index contributed by atoms with van der Waals surface area (Å²) in [6.45, 7) is 5.10. The van der Waals surface area contributed by atoms with Gasteiger partial charge in [-0.1, -0.05) is 26.0 Å². The van der Waals surface area contributed by atoms with Crippen molar-refractivity contribution in [3.05, 3.63) is 36.2 Å². The molecule has 0 saturated carbocycles. The van der Waals surface area contributed by atoms with E-state index in [1.807, 2.05) is 30.3 Å². The first kappa shape index (κ1) is 14.3. The number of nitrogens with one attached hydrogen (secondary N) is 1. The molecule has 0 aliphatic carbocycles. The lowest BCUT2D eigenvalue weighted by molar-refractivity contribution is 0.416. The molecule has 0 unspecified atom stereocenters. The summed E-state index contributed by atoms with van der Waals surface area (Å²) >= 11 is 0. The third-order valence-electron chi connectivity index (χ3n) is 3.03. The van der Waals surface area contributed by atoms with Crippen LogP contribution in [0, 0.1) is 0 Å². The molecule has 0 fully saturated rings. The van der Waals surface area contributed by atoms with E-state index in [1.165, 1.54) is 0 Å². The molecule has 0 atom stereocenters. The smallest absolute Gasteiger partial charge is 0.131 e. The topological polar surface area (TPSA) is 47.0 Å². The molecule has 0 aliphatic rings. The minimum absolute atomic E-state index is 0.809. The van der Waals surface area contributed by atoms with Crippen molar-refractivity contribution < 1.29 is 4.74 Å². The predicted molar refractivity (Wildman–Crippen MR) is 82.2 cm³/mol. The molecule has 0 amide bonds. The Kier molecular flexibility index (Phi) is 4.93. The second-order valence-corrected chi connectivity index (χ2v) is 4.54. The van der Waals surface area contributed by atoms with Crippen LogP contribution in [0.15, 0.2) is 30.3 Å². The molecule has 4 heteroatoms. The van der Waals surface area contributed by atoms with Crippen LogP contribution < -0.4 is 10.1 Å². The fourth-order valence-corrected chi connectivity index (χ4v) is 1.99. The van der Waals surface area contributed by atoms with E-state index in [-0.39, 0.29) is 0 Å². The number of rotatable bonds is 6. The molecular formula is C16H21N3O. The number of anilines is 1. The fourth-order valence-electron chi connectivity index (χ4n) is 1.99. The van der Waals surface area contributed by atoms with Gasteiger partial charge in [-0.2, -0.15) is 0 Å². The molecule has 0 aliphatic heterocycles. The second kappa shape index (κ2) is 6.89. The van der Waals surface area contributed by atoms with Crippen molar-refractivity contribution in [2.24, 2.45) is 0 Å². The van der Waals surface area contributed by atoms with Crippen LogP contribution in [0.5, 0.6) is 5.75 Å². The van der Waals surface area contributed by atoms with E-state index in [4.69, 9.17) is 4.74 Å². The number of aromatic nitrogens is 2. The number of nitrogens with zero attached hydrogens (tertiary/aromatic N) is 2. The van der Waals surface area contributed by atoms with Gasteiger partial charge in [-0.25, -0.2) is 9.97 Å². The normalized spacial score (nSPS) is 10.3. The first-order chi connectivity index (χ1) is 9.78. The van der Waals surface area contributed by atoms with Crippen LogP contribution in [-0.4, -0.2) is 23.6 Å². The van der Waals surface area contributed by atoms with Gasteiger partial charge in [0.15, 0.2) is 0 Å². The van der Waals surface area contributed by atoms with Gasteiger partial charge >= 0.3 is 0 Å². The highest BCUT2D eigenvalue weighted by Gasteiger charge is 2.09. The average Bonchev–Trinajstić information content (AvgIpc) is 2.52. The molecule has 1 heterocycles. The van der Waals surface area contributed by atoms with Crippen molar-refractivity contribution in [1.29, 1.82) is 0 Å². The minimum atomic E-state index is 0.809. The largest absolute Gasteiger partial charge is 0.496 e. The molecule has 1 aromatic heterocycles. The number of hydrogen-bond donors (Lipinski definition) is 1. The lowest BCUT2D eigenvalue weighted by Crippen LogP contribution is -2.06. The van der Waals surface area contributed by atoms with Crippen molar-refractivity contribution in [3.8, 4) is 17.0 Å². The van der Waals surface area contributed by atoms with Gasteiger partial charge in [0.25, 0.3) is 0 Å². The Morgan fingerprint density at radius 1 is 1.15 bits per heavy atom. The summed E-state index contributed by atoms with van der Waals surface area (Å²) in [7, 11) is 1.68. The van der Waals surface area contributed by atoms with Crippen molar-refractivity contribution >= 4 is 5.82 Å². The quantitative estimate of drug-likeness (QED) is 0.873. The van der Waals surface area contributed by atoms with Crippen LogP contribution >= 0.6 is 0 Å². The van der Waals surface area contributed by atoms with Crippen LogP contribution in [0.1, 0.15) is 26.1 Å². The van der Waals surface area contributed by atoms with Crippen LogP contribution in [0.25, 0.3) is 11.3 Å². The average molecular weight is 271 g/mol. The summed E-state index contributed by atoms with van der Waals surface area (Å²) < 4.78 is 5.41. The van der Waals surface area contributed by atoms with Crippen LogP contribution in [0.2, 0.25) is 0 Å². The van der Waals surface area contributed by atoms with E-state index in [0.29, 0.717) is 0 Å². The van der Waals surface area contributed by atoms with E-state index < -0.39 is 0 Å². The number of benzene rings is 1. The predicted octanol–water partition coefficient (Wildman–Crippen LogP) is 3.54. The van der Waals surface area contributed by atoms with Gasteiger partial charge in [-0.15, -0.1) is 0 Å². The van der Waals surface area contributed by atoms with Gasteiger partial charge in [0, 0.05) is 24.6 Å². The van der Waals surface area contributed by atoms with E-state index in [1.54, 1.807) is 7.11 Å². The first-order valence-corrected chi connectivity index (χ1v) is 7.03. The van der Waals surface area contributed by atoms with Gasteiger partial charge in [0.2, 0.25) is 0 Å². The van der Waals surface area contributed by atoms with E-state index in [0.717, 1.165) is 48.0 Å². The molecule has 2 aromatic rings. The molecule has 0 spiro atoms. The van der Waals surface area contributed by atoms with Gasteiger partial charge < -0.3 is 10.1 Å². The zero-order valence-corrected chi connectivity index (χ0v) is 12.3. The summed E-state index contributed by atoms with van der Waals surface area (Å²) in [5.41, 5.74) is 1.89. The number of methoxy groups -OCH3 is 1. The molecule has 0 saturated heterocycles. The molecular weight excluding hydrogens is 250 g/mol. The summed E-state index contributed by atoms with van der Waals surface area (Å²) in [6, 6.07) is 9.89. The number of aryl methyl sites for hydroxylation is 1. The fraction of sp³-hybridized carbons (Fsp3) is 0.375. The third-order valence-corrected chi connectivity index (χ3v) is 3.03.